The van der Waals surface area contributed by atoms with Crippen LogP contribution >= 0.6 is 0 Å². The van der Waals surface area contributed by atoms with Gasteiger partial charge in [-0.1, -0.05) is 6.07 Å². The lowest BCUT2D eigenvalue weighted by Gasteiger charge is -2.45. The molecule has 6 heteroatoms. The van der Waals surface area contributed by atoms with Crippen LogP contribution in [0.2, 0.25) is 0 Å². The molecule has 0 bridgehead atoms. The Hall–Kier alpha value is -2.60. The summed E-state index contributed by atoms with van der Waals surface area (Å²) in [6, 6.07) is 8.89. The van der Waals surface area contributed by atoms with Gasteiger partial charge in [-0.25, -0.2) is 4.98 Å². The Morgan fingerprint density at radius 1 is 1.21 bits per heavy atom. The van der Waals surface area contributed by atoms with E-state index in [0.717, 1.165) is 12.8 Å². The summed E-state index contributed by atoms with van der Waals surface area (Å²) in [5, 5.41) is 12.8. The molecule has 0 spiro atoms. The van der Waals surface area contributed by atoms with Crippen molar-refractivity contribution >= 4 is 11.6 Å². The predicted molar refractivity (Wildman–Crippen MR) is 108 cm³/mol. The molecule has 0 saturated carbocycles. The molecule has 1 saturated heterocycles. The Bertz CT molecular complexity index is 861. The summed E-state index contributed by atoms with van der Waals surface area (Å²) in [6.07, 6.45) is 3.09. The van der Waals surface area contributed by atoms with E-state index < -0.39 is 5.91 Å². The number of hydrogen-bond acceptors (Lipinski definition) is 5. The molecule has 1 aromatic carbocycles. The van der Waals surface area contributed by atoms with Crippen molar-refractivity contribution in [1.82, 2.24) is 4.98 Å². The standard InChI is InChI=1S/C22H28N2O4/c1-14-9-10-23-18(19(14)25)20(26)24-15-7-6-8-16(11-15)27-17-12-21(2,3)28-22(4,5)13-17/h6-11,17,25H,12-13H2,1-5H3,(H,24,26). The zero-order chi connectivity index (χ0) is 20.5. The minimum atomic E-state index is -0.466. The van der Waals surface area contributed by atoms with Crippen molar-refractivity contribution in [3.63, 3.8) is 0 Å². The van der Waals surface area contributed by atoms with Crippen LogP contribution in [0, 0.1) is 6.92 Å². The lowest BCUT2D eigenvalue weighted by atomic mass is 9.87. The van der Waals surface area contributed by atoms with Crippen LogP contribution in [0.15, 0.2) is 36.5 Å². The van der Waals surface area contributed by atoms with Crippen molar-refractivity contribution < 1.29 is 19.4 Å². The zero-order valence-corrected chi connectivity index (χ0v) is 17.1. The molecule has 0 radical (unpaired) electrons. The Balaban J connectivity index is 1.72. The van der Waals surface area contributed by atoms with Crippen LogP contribution in [0.3, 0.4) is 0 Å². The van der Waals surface area contributed by atoms with Crippen molar-refractivity contribution in [2.24, 2.45) is 0 Å². The van der Waals surface area contributed by atoms with Crippen molar-refractivity contribution in [1.29, 1.82) is 0 Å². The lowest BCUT2D eigenvalue weighted by Crippen LogP contribution is -2.49. The van der Waals surface area contributed by atoms with Gasteiger partial charge in [-0.3, -0.25) is 4.79 Å². The van der Waals surface area contributed by atoms with Crippen LogP contribution in [0.1, 0.15) is 56.6 Å². The molecule has 2 heterocycles. The van der Waals surface area contributed by atoms with Gasteiger partial charge in [-0.05, 0) is 58.4 Å². The summed E-state index contributed by atoms with van der Waals surface area (Å²) in [7, 11) is 0. The monoisotopic (exact) mass is 384 g/mol. The molecule has 28 heavy (non-hydrogen) atoms. The number of benzene rings is 1. The van der Waals surface area contributed by atoms with Crippen molar-refractivity contribution in [3.05, 3.63) is 47.8 Å². The van der Waals surface area contributed by atoms with Crippen LogP contribution < -0.4 is 10.1 Å². The second-order valence-corrected chi connectivity index (χ2v) is 8.58. The first kappa shape index (κ1) is 20.1. The summed E-state index contributed by atoms with van der Waals surface area (Å²) in [5.74, 6) is 0.100. The molecule has 0 unspecified atom stereocenters. The van der Waals surface area contributed by atoms with Gasteiger partial charge in [0.05, 0.1) is 11.2 Å². The number of aromatic hydroxyl groups is 1. The fourth-order valence-corrected chi connectivity index (χ4v) is 3.83. The smallest absolute Gasteiger partial charge is 0.278 e. The zero-order valence-electron chi connectivity index (χ0n) is 17.1. The van der Waals surface area contributed by atoms with Gasteiger partial charge < -0.3 is 19.9 Å². The average molecular weight is 384 g/mol. The average Bonchev–Trinajstić information content (AvgIpc) is 2.54. The molecule has 1 aromatic heterocycles. The third-order valence-corrected chi connectivity index (χ3v) is 4.73. The van der Waals surface area contributed by atoms with E-state index in [0.29, 0.717) is 17.0 Å². The predicted octanol–water partition coefficient (Wildman–Crippen LogP) is 4.46. The van der Waals surface area contributed by atoms with E-state index in [9.17, 15) is 9.90 Å². The second kappa shape index (κ2) is 7.43. The topological polar surface area (TPSA) is 80.7 Å². The maximum atomic E-state index is 12.5. The van der Waals surface area contributed by atoms with E-state index in [4.69, 9.17) is 9.47 Å². The third kappa shape index (κ3) is 4.81. The van der Waals surface area contributed by atoms with Gasteiger partial charge in [0.15, 0.2) is 5.69 Å². The van der Waals surface area contributed by atoms with Gasteiger partial charge in [0.1, 0.15) is 17.6 Å². The molecule has 6 nitrogen and oxygen atoms in total. The van der Waals surface area contributed by atoms with Crippen LogP contribution in [0.4, 0.5) is 5.69 Å². The molecule has 0 atom stereocenters. The largest absolute Gasteiger partial charge is 0.505 e. The summed E-state index contributed by atoms with van der Waals surface area (Å²) >= 11 is 0. The maximum Gasteiger partial charge on any atom is 0.278 e. The van der Waals surface area contributed by atoms with Crippen molar-refractivity contribution in [3.8, 4) is 11.5 Å². The van der Waals surface area contributed by atoms with E-state index in [1.54, 1.807) is 25.1 Å². The van der Waals surface area contributed by atoms with Crippen LogP contribution in [-0.4, -0.2) is 33.3 Å². The molecule has 1 fully saturated rings. The quantitative estimate of drug-likeness (QED) is 0.813. The number of carbonyl (C=O) groups is 1. The highest BCUT2D eigenvalue weighted by atomic mass is 16.5. The van der Waals surface area contributed by atoms with E-state index in [-0.39, 0.29) is 28.7 Å². The van der Waals surface area contributed by atoms with Gasteiger partial charge >= 0.3 is 0 Å². The SMILES string of the molecule is Cc1ccnc(C(=O)Nc2cccc(OC3CC(C)(C)OC(C)(C)C3)c2)c1O. The highest BCUT2D eigenvalue weighted by Crippen LogP contribution is 2.37. The molecule has 2 aromatic rings. The first-order chi connectivity index (χ1) is 13.0. The number of hydrogen-bond donors (Lipinski definition) is 2. The fraction of sp³-hybridized carbons (Fsp3) is 0.455. The number of aryl methyl sites for hydroxylation is 1. The molecule has 1 aliphatic heterocycles. The minimum absolute atomic E-state index is 0.000695. The minimum Gasteiger partial charge on any atom is -0.505 e. The summed E-state index contributed by atoms with van der Waals surface area (Å²) in [5.41, 5.74) is 0.663. The van der Waals surface area contributed by atoms with Gasteiger partial charge in [-0.15, -0.1) is 0 Å². The summed E-state index contributed by atoms with van der Waals surface area (Å²) in [4.78, 5) is 16.4. The number of nitrogens with one attached hydrogen (secondary N) is 1. The number of rotatable bonds is 4. The van der Waals surface area contributed by atoms with Crippen LogP contribution in [0.5, 0.6) is 11.5 Å². The third-order valence-electron chi connectivity index (χ3n) is 4.73. The number of carbonyl (C=O) groups excluding carboxylic acids is 1. The number of pyridine rings is 1. The molecular weight excluding hydrogens is 356 g/mol. The fourth-order valence-electron chi connectivity index (χ4n) is 3.83. The number of ether oxygens (including phenoxy) is 2. The molecule has 1 amide bonds. The molecular formula is C22H28N2O4. The van der Waals surface area contributed by atoms with E-state index in [1.807, 2.05) is 12.1 Å². The number of amides is 1. The Kier molecular flexibility index (Phi) is 5.35. The van der Waals surface area contributed by atoms with E-state index in [2.05, 4.69) is 38.0 Å². The van der Waals surface area contributed by atoms with Crippen LogP contribution in [0.25, 0.3) is 0 Å². The normalized spacial score (nSPS) is 18.5. The van der Waals surface area contributed by atoms with Gasteiger partial charge in [-0.2, -0.15) is 0 Å². The second-order valence-electron chi connectivity index (χ2n) is 8.58. The number of anilines is 1. The Morgan fingerprint density at radius 3 is 2.57 bits per heavy atom. The highest BCUT2D eigenvalue weighted by molar-refractivity contribution is 6.04. The van der Waals surface area contributed by atoms with Gasteiger partial charge in [0.2, 0.25) is 0 Å². The molecule has 0 aliphatic carbocycles. The maximum absolute atomic E-state index is 12.5. The molecule has 1 aliphatic rings. The van der Waals surface area contributed by atoms with E-state index >= 15 is 0 Å². The number of nitrogens with zero attached hydrogens (tertiary/aromatic N) is 1. The summed E-state index contributed by atoms with van der Waals surface area (Å²) < 4.78 is 12.3. The molecule has 2 N–H and O–H groups in total. The van der Waals surface area contributed by atoms with Gasteiger partial charge in [0, 0.05) is 30.8 Å². The highest BCUT2D eigenvalue weighted by Gasteiger charge is 2.40. The first-order valence-corrected chi connectivity index (χ1v) is 9.47. The Labute approximate surface area is 165 Å². The van der Waals surface area contributed by atoms with Crippen LogP contribution in [-0.2, 0) is 4.74 Å². The lowest BCUT2D eigenvalue weighted by molar-refractivity contribution is -0.182. The van der Waals surface area contributed by atoms with E-state index in [1.165, 1.54) is 6.20 Å². The molecule has 150 valence electrons. The Morgan fingerprint density at radius 2 is 1.89 bits per heavy atom. The number of aromatic nitrogens is 1. The molecule has 3 rings (SSSR count). The van der Waals surface area contributed by atoms with Gasteiger partial charge in [0.25, 0.3) is 5.91 Å². The van der Waals surface area contributed by atoms with Crippen molar-refractivity contribution in [2.75, 3.05) is 5.32 Å². The first-order valence-electron chi connectivity index (χ1n) is 9.47. The van der Waals surface area contributed by atoms with Crippen molar-refractivity contribution in [2.45, 2.75) is 64.8 Å². The summed E-state index contributed by atoms with van der Waals surface area (Å²) in [6.45, 7) is 10.0.